The third-order valence-electron chi connectivity index (χ3n) is 2.95. The monoisotopic (exact) mass is 225 g/mol. The maximum atomic E-state index is 5.43. The van der Waals surface area contributed by atoms with Crippen molar-refractivity contribution in [3.05, 3.63) is 5.82 Å². The lowest BCUT2D eigenvalue weighted by atomic mass is 9.96. The first-order valence-electron chi connectivity index (χ1n) is 5.83. The first kappa shape index (κ1) is 11.5. The average Bonchev–Trinajstić information content (AvgIpc) is 2.88. The van der Waals surface area contributed by atoms with E-state index in [1.807, 2.05) is 0 Å². The smallest absolute Gasteiger partial charge is 0.176 e. The van der Waals surface area contributed by atoms with E-state index in [0.717, 1.165) is 38.4 Å². The molecule has 0 spiro atoms. The molecule has 6 heteroatoms. The highest BCUT2D eigenvalue weighted by Crippen LogP contribution is 2.18. The van der Waals surface area contributed by atoms with Crippen LogP contribution in [0.3, 0.4) is 0 Å². The minimum absolute atomic E-state index is 0.400. The molecule has 1 aromatic rings. The minimum atomic E-state index is 0.400. The maximum absolute atomic E-state index is 5.43. The van der Waals surface area contributed by atoms with Crippen molar-refractivity contribution in [1.82, 2.24) is 25.5 Å². The van der Waals surface area contributed by atoms with Crippen LogP contribution in [0.1, 0.15) is 19.2 Å². The molecule has 6 nitrogen and oxygen atoms in total. The molecule has 0 aliphatic carbocycles. The first-order chi connectivity index (χ1) is 7.79. The van der Waals surface area contributed by atoms with E-state index in [4.69, 9.17) is 4.74 Å². The van der Waals surface area contributed by atoms with Gasteiger partial charge in [0.05, 0.1) is 13.7 Å². The number of nitrogens with one attached hydrogen (secondary N) is 1. The molecule has 1 aliphatic heterocycles. The molecule has 1 N–H and O–H groups in total. The Bertz CT molecular complexity index is 321. The minimum Gasteiger partial charge on any atom is -0.381 e. The Morgan fingerprint density at radius 1 is 1.62 bits per heavy atom. The quantitative estimate of drug-likeness (QED) is 0.749. The summed E-state index contributed by atoms with van der Waals surface area (Å²) in [5.41, 5.74) is 0. The highest BCUT2D eigenvalue weighted by Gasteiger charge is 2.26. The Morgan fingerprint density at radius 2 is 2.50 bits per heavy atom. The number of rotatable bonds is 5. The van der Waals surface area contributed by atoms with Crippen molar-refractivity contribution >= 4 is 0 Å². The summed E-state index contributed by atoms with van der Waals surface area (Å²) >= 11 is 0. The van der Waals surface area contributed by atoms with Crippen LogP contribution in [0.4, 0.5) is 0 Å². The van der Waals surface area contributed by atoms with E-state index in [1.54, 1.807) is 7.05 Å². The number of hydrogen-bond acceptors (Lipinski definition) is 5. The second-order valence-electron chi connectivity index (χ2n) is 4.19. The average molecular weight is 225 g/mol. The van der Waals surface area contributed by atoms with Gasteiger partial charge < -0.3 is 10.1 Å². The summed E-state index contributed by atoms with van der Waals surface area (Å²) in [5, 5.41) is 15.6. The molecule has 0 bridgehead atoms. The van der Waals surface area contributed by atoms with Crippen LogP contribution in [-0.2, 0) is 18.2 Å². The van der Waals surface area contributed by atoms with E-state index in [2.05, 4.69) is 27.7 Å². The van der Waals surface area contributed by atoms with Crippen molar-refractivity contribution in [1.29, 1.82) is 0 Å². The summed E-state index contributed by atoms with van der Waals surface area (Å²) < 4.78 is 5.43. The van der Waals surface area contributed by atoms with Crippen molar-refractivity contribution in [3.8, 4) is 0 Å². The SMILES string of the molecule is CCNC(Cc1nnn(C)n1)C1CCOC1. The van der Waals surface area contributed by atoms with Crippen molar-refractivity contribution < 1.29 is 4.74 Å². The third-order valence-corrected chi connectivity index (χ3v) is 2.95. The molecule has 1 aromatic heterocycles. The summed E-state index contributed by atoms with van der Waals surface area (Å²) in [6, 6.07) is 0.400. The standard InChI is InChI=1S/C10H19N5O/c1-3-11-9(8-4-5-16-7-8)6-10-12-14-15(2)13-10/h8-9,11H,3-7H2,1-2H3. The Hall–Kier alpha value is -1.01. The van der Waals surface area contributed by atoms with Gasteiger partial charge in [-0.05, 0) is 18.2 Å². The number of ether oxygens (including phenoxy) is 1. The third kappa shape index (κ3) is 2.76. The predicted molar refractivity (Wildman–Crippen MR) is 58.9 cm³/mol. The number of likely N-dealkylation sites (N-methyl/N-ethyl adjacent to an activating group) is 1. The van der Waals surface area contributed by atoms with E-state index in [0.29, 0.717) is 12.0 Å². The Balaban J connectivity index is 1.96. The lowest BCUT2D eigenvalue weighted by Gasteiger charge is -2.21. The van der Waals surface area contributed by atoms with Crippen LogP contribution in [-0.4, -0.2) is 46.0 Å². The normalized spacial score (nSPS) is 22.5. The molecule has 2 atom stereocenters. The Kier molecular flexibility index (Phi) is 3.84. The van der Waals surface area contributed by atoms with E-state index >= 15 is 0 Å². The highest BCUT2D eigenvalue weighted by atomic mass is 16.5. The van der Waals surface area contributed by atoms with Crippen molar-refractivity contribution in [3.63, 3.8) is 0 Å². The lowest BCUT2D eigenvalue weighted by molar-refractivity contribution is 0.176. The van der Waals surface area contributed by atoms with Crippen molar-refractivity contribution in [2.24, 2.45) is 13.0 Å². The molecule has 2 heterocycles. The predicted octanol–water partition coefficient (Wildman–Crippen LogP) is -0.233. The van der Waals surface area contributed by atoms with Crippen molar-refractivity contribution in [2.75, 3.05) is 19.8 Å². The fourth-order valence-electron chi connectivity index (χ4n) is 2.14. The molecular formula is C10H19N5O. The van der Waals surface area contributed by atoms with Crippen LogP contribution in [0.5, 0.6) is 0 Å². The molecule has 2 unspecified atom stereocenters. The molecule has 0 amide bonds. The molecule has 0 saturated carbocycles. The van der Waals surface area contributed by atoms with Gasteiger partial charge in [-0.3, -0.25) is 0 Å². The van der Waals surface area contributed by atoms with Crippen LogP contribution < -0.4 is 5.32 Å². The van der Waals surface area contributed by atoms with Crippen LogP contribution >= 0.6 is 0 Å². The van der Waals surface area contributed by atoms with Gasteiger partial charge in [0.2, 0.25) is 0 Å². The fourth-order valence-corrected chi connectivity index (χ4v) is 2.14. The molecule has 1 saturated heterocycles. The van der Waals surface area contributed by atoms with Gasteiger partial charge >= 0.3 is 0 Å². The zero-order valence-corrected chi connectivity index (χ0v) is 9.89. The van der Waals surface area contributed by atoms with E-state index < -0.39 is 0 Å². The van der Waals surface area contributed by atoms with E-state index in [1.165, 1.54) is 4.80 Å². The van der Waals surface area contributed by atoms with Crippen LogP contribution in [0.15, 0.2) is 0 Å². The van der Waals surface area contributed by atoms with Crippen LogP contribution in [0.25, 0.3) is 0 Å². The van der Waals surface area contributed by atoms with Crippen LogP contribution in [0, 0.1) is 5.92 Å². The van der Waals surface area contributed by atoms with Gasteiger partial charge in [0.15, 0.2) is 5.82 Å². The largest absolute Gasteiger partial charge is 0.381 e. The topological polar surface area (TPSA) is 64.9 Å². The molecular weight excluding hydrogens is 206 g/mol. The molecule has 1 fully saturated rings. The van der Waals surface area contributed by atoms with Gasteiger partial charge in [0.1, 0.15) is 0 Å². The molecule has 2 rings (SSSR count). The molecule has 16 heavy (non-hydrogen) atoms. The molecule has 0 radical (unpaired) electrons. The van der Waals surface area contributed by atoms with Gasteiger partial charge in [0, 0.05) is 25.0 Å². The van der Waals surface area contributed by atoms with Gasteiger partial charge in [-0.1, -0.05) is 6.92 Å². The second kappa shape index (κ2) is 5.36. The number of aryl methyl sites for hydroxylation is 1. The van der Waals surface area contributed by atoms with Gasteiger partial charge in [0.25, 0.3) is 0 Å². The summed E-state index contributed by atoms with van der Waals surface area (Å²) in [4.78, 5) is 1.50. The maximum Gasteiger partial charge on any atom is 0.176 e. The van der Waals surface area contributed by atoms with Gasteiger partial charge in [-0.15, -0.1) is 10.2 Å². The van der Waals surface area contributed by atoms with Gasteiger partial charge in [-0.25, -0.2) is 0 Å². The second-order valence-corrected chi connectivity index (χ2v) is 4.19. The zero-order valence-electron chi connectivity index (χ0n) is 9.89. The Labute approximate surface area is 95.4 Å². The highest BCUT2D eigenvalue weighted by molar-refractivity contribution is 4.89. The number of nitrogens with zero attached hydrogens (tertiary/aromatic N) is 4. The Morgan fingerprint density at radius 3 is 3.06 bits per heavy atom. The summed E-state index contributed by atoms with van der Waals surface area (Å²) in [7, 11) is 1.79. The molecule has 0 aromatic carbocycles. The lowest BCUT2D eigenvalue weighted by Crippen LogP contribution is -2.38. The molecule has 1 aliphatic rings. The number of hydrogen-bond donors (Lipinski definition) is 1. The van der Waals surface area contributed by atoms with Crippen molar-refractivity contribution in [2.45, 2.75) is 25.8 Å². The van der Waals surface area contributed by atoms with E-state index in [9.17, 15) is 0 Å². The zero-order chi connectivity index (χ0) is 11.4. The summed E-state index contributed by atoms with van der Waals surface area (Å²) in [6.07, 6.45) is 1.95. The fraction of sp³-hybridized carbons (Fsp3) is 0.900. The molecule has 90 valence electrons. The summed E-state index contributed by atoms with van der Waals surface area (Å²) in [6.45, 7) is 4.80. The number of aromatic nitrogens is 4. The number of tetrazole rings is 1. The first-order valence-corrected chi connectivity index (χ1v) is 5.83. The van der Waals surface area contributed by atoms with Crippen LogP contribution in [0.2, 0.25) is 0 Å². The van der Waals surface area contributed by atoms with E-state index in [-0.39, 0.29) is 0 Å². The van der Waals surface area contributed by atoms with Gasteiger partial charge in [-0.2, -0.15) is 4.80 Å². The summed E-state index contributed by atoms with van der Waals surface area (Å²) in [5.74, 6) is 1.38.